The van der Waals surface area contributed by atoms with Crippen LogP contribution >= 0.6 is 22.6 Å². The van der Waals surface area contributed by atoms with Crippen molar-refractivity contribution < 1.29 is 4.39 Å². The maximum absolute atomic E-state index is 13.7. The van der Waals surface area contributed by atoms with E-state index in [4.69, 9.17) is 5.73 Å². The van der Waals surface area contributed by atoms with Crippen molar-refractivity contribution in [2.75, 3.05) is 10.6 Å². The van der Waals surface area contributed by atoms with E-state index >= 15 is 0 Å². The molecular formula is C14H12FIN2. The highest BCUT2D eigenvalue weighted by Crippen LogP contribution is 2.33. The molecule has 0 saturated heterocycles. The summed E-state index contributed by atoms with van der Waals surface area (Å²) in [6, 6.07) is 11.5. The summed E-state index contributed by atoms with van der Waals surface area (Å²) in [6.07, 6.45) is 0. The fourth-order valence-corrected chi connectivity index (χ4v) is 2.82. The first-order chi connectivity index (χ1) is 8.65. The molecule has 2 nitrogen and oxygen atoms in total. The third kappa shape index (κ3) is 1.94. The van der Waals surface area contributed by atoms with Crippen molar-refractivity contribution in [2.24, 2.45) is 0 Å². The first kappa shape index (κ1) is 11.8. The van der Waals surface area contributed by atoms with Crippen LogP contribution in [-0.4, -0.2) is 0 Å². The van der Waals surface area contributed by atoms with Crippen LogP contribution in [0.25, 0.3) is 0 Å². The second-order valence-corrected chi connectivity index (χ2v) is 5.61. The van der Waals surface area contributed by atoms with Gasteiger partial charge in [0.2, 0.25) is 0 Å². The molecule has 18 heavy (non-hydrogen) atoms. The molecule has 2 aromatic rings. The number of rotatable bonds is 1. The Balaban J connectivity index is 1.97. The number of hydrogen-bond acceptors (Lipinski definition) is 2. The van der Waals surface area contributed by atoms with Crippen molar-refractivity contribution in [3.05, 3.63) is 56.9 Å². The van der Waals surface area contributed by atoms with E-state index in [-0.39, 0.29) is 5.82 Å². The van der Waals surface area contributed by atoms with Gasteiger partial charge in [0, 0.05) is 19.2 Å². The van der Waals surface area contributed by atoms with Crippen molar-refractivity contribution in [1.29, 1.82) is 0 Å². The molecule has 1 aliphatic rings. The standard InChI is InChI=1S/C14H12FIN2/c15-11-5-14(13(17)6-12(11)16)18-7-9-3-1-2-4-10(9)8-18/h1-6H,7-8,17H2. The molecule has 0 amide bonds. The predicted octanol–water partition coefficient (Wildman–Crippen LogP) is 3.53. The van der Waals surface area contributed by atoms with Crippen molar-refractivity contribution >= 4 is 34.0 Å². The Morgan fingerprint density at radius 3 is 2.33 bits per heavy atom. The minimum atomic E-state index is -0.212. The third-order valence-electron chi connectivity index (χ3n) is 3.25. The van der Waals surface area contributed by atoms with Gasteiger partial charge in [0.25, 0.3) is 0 Å². The van der Waals surface area contributed by atoms with Crippen molar-refractivity contribution in [2.45, 2.75) is 13.1 Å². The number of hydrogen-bond donors (Lipinski definition) is 1. The number of nitrogens with two attached hydrogens (primary N) is 1. The van der Waals surface area contributed by atoms with Crippen molar-refractivity contribution in [3.8, 4) is 0 Å². The second-order valence-electron chi connectivity index (χ2n) is 4.45. The van der Waals surface area contributed by atoms with Crippen LogP contribution < -0.4 is 10.6 Å². The SMILES string of the molecule is Nc1cc(I)c(F)cc1N1Cc2ccccc2C1. The van der Waals surface area contributed by atoms with Crippen molar-refractivity contribution in [1.82, 2.24) is 0 Å². The van der Waals surface area contributed by atoms with Gasteiger partial charge >= 0.3 is 0 Å². The fourth-order valence-electron chi connectivity index (χ4n) is 2.33. The molecule has 0 atom stereocenters. The highest BCUT2D eigenvalue weighted by Gasteiger charge is 2.21. The van der Waals surface area contributed by atoms with Gasteiger partial charge in [-0.1, -0.05) is 24.3 Å². The number of benzene rings is 2. The van der Waals surface area contributed by atoms with E-state index in [1.165, 1.54) is 17.2 Å². The molecule has 1 heterocycles. The Hall–Kier alpha value is -1.30. The maximum Gasteiger partial charge on any atom is 0.138 e. The molecule has 0 aliphatic carbocycles. The van der Waals surface area contributed by atoms with Crippen molar-refractivity contribution in [3.63, 3.8) is 0 Å². The molecule has 2 N–H and O–H groups in total. The van der Waals surface area contributed by atoms with E-state index < -0.39 is 0 Å². The van der Waals surface area contributed by atoms with Crippen LogP contribution in [0.5, 0.6) is 0 Å². The highest BCUT2D eigenvalue weighted by molar-refractivity contribution is 14.1. The summed E-state index contributed by atoms with van der Waals surface area (Å²) in [4.78, 5) is 2.11. The third-order valence-corrected chi connectivity index (χ3v) is 4.08. The van der Waals surface area contributed by atoms with Gasteiger partial charge in [-0.05, 0) is 39.8 Å². The zero-order valence-electron chi connectivity index (χ0n) is 9.66. The van der Waals surface area contributed by atoms with Crippen LogP contribution in [0.1, 0.15) is 11.1 Å². The molecular weight excluding hydrogens is 342 g/mol. The first-order valence-corrected chi connectivity index (χ1v) is 6.79. The lowest BCUT2D eigenvalue weighted by Crippen LogP contribution is -2.16. The van der Waals surface area contributed by atoms with E-state index in [1.807, 2.05) is 34.7 Å². The van der Waals surface area contributed by atoms with Gasteiger partial charge in [-0.2, -0.15) is 0 Å². The summed E-state index contributed by atoms with van der Waals surface area (Å²) in [5, 5.41) is 0. The zero-order valence-corrected chi connectivity index (χ0v) is 11.8. The molecule has 1 aliphatic heterocycles. The molecule has 0 radical (unpaired) electrons. The average Bonchev–Trinajstić information content (AvgIpc) is 2.77. The van der Waals surface area contributed by atoms with Gasteiger partial charge in [0.05, 0.1) is 14.9 Å². The van der Waals surface area contributed by atoms with E-state index in [9.17, 15) is 4.39 Å². The number of halogens is 2. The van der Waals surface area contributed by atoms with Gasteiger partial charge in [0.15, 0.2) is 0 Å². The Labute approximate surface area is 119 Å². The van der Waals surface area contributed by atoms with Crippen LogP contribution in [-0.2, 0) is 13.1 Å². The largest absolute Gasteiger partial charge is 0.397 e. The Morgan fingerprint density at radius 1 is 1.11 bits per heavy atom. The van der Waals surface area contributed by atoms with Crippen LogP contribution in [0, 0.1) is 9.39 Å². The average molecular weight is 354 g/mol. The quantitative estimate of drug-likeness (QED) is 0.627. The van der Waals surface area contributed by atoms with E-state index in [2.05, 4.69) is 17.0 Å². The molecule has 2 aromatic carbocycles. The van der Waals surface area contributed by atoms with Crippen LogP contribution in [0.3, 0.4) is 0 Å². The Bertz CT molecular complexity index is 588. The van der Waals surface area contributed by atoms with Gasteiger partial charge in [-0.3, -0.25) is 0 Å². The lowest BCUT2D eigenvalue weighted by atomic mass is 10.1. The van der Waals surface area contributed by atoms with E-state index in [0.29, 0.717) is 9.26 Å². The monoisotopic (exact) mass is 354 g/mol. The number of nitrogens with zero attached hydrogens (tertiary/aromatic N) is 1. The van der Waals surface area contributed by atoms with Crippen LogP contribution in [0.4, 0.5) is 15.8 Å². The smallest absolute Gasteiger partial charge is 0.138 e. The maximum atomic E-state index is 13.7. The summed E-state index contributed by atoms with van der Waals surface area (Å²) >= 11 is 1.96. The molecule has 0 saturated carbocycles. The highest BCUT2D eigenvalue weighted by atomic mass is 127. The topological polar surface area (TPSA) is 29.3 Å². The number of nitrogen functional groups attached to an aromatic ring is 1. The number of fused-ring (bicyclic) bond motifs is 1. The van der Waals surface area contributed by atoms with E-state index in [0.717, 1.165) is 18.8 Å². The Kier molecular flexibility index (Phi) is 2.89. The van der Waals surface area contributed by atoms with Crippen LogP contribution in [0.2, 0.25) is 0 Å². The molecule has 0 aromatic heterocycles. The molecule has 0 bridgehead atoms. The second kappa shape index (κ2) is 4.42. The van der Waals surface area contributed by atoms with Gasteiger partial charge in [-0.15, -0.1) is 0 Å². The normalized spacial score (nSPS) is 13.8. The van der Waals surface area contributed by atoms with Crippen LogP contribution in [0.15, 0.2) is 36.4 Å². The summed E-state index contributed by atoms with van der Waals surface area (Å²) in [6.45, 7) is 1.58. The number of anilines is 2. The predicted molar refractivity (Wildman–Crippen MR) is 79.9 cm³/mol. The summed E-state index contributed by atoms with van der Waals surface area (Å²) in [5.74, 6) is -0.212. The minimum Gasteiger partial charge on any atom is -0.397 e. The minimum absolute atomic E-state index is 0.212. The first-order valence-electron chi connectivity index (χ1n) is 5.71. The lowest BCUT2D eigenvalue weighted by Gasteiger charge is -2.20. The summed E-state index contributed by atoms with van der Waals surface area (Å²) in [7, 11) is 0. The Morgan fingerprint density at radius 2 is 1.72 bits per heavy atom. The molecule has 92 valence electrons. The summed E-state index contributed by atoms with van der Waals surface area (Å²) in [5.41, 5.74) is 9.98. The zero-order chi connectivity index (χ0) is 12.7. The van der Waals surface area contributed by atoms with Gasteiger partial charge in [-0.25, -0.2) is 4.39 Å². The fraction of sp³-hybridized carbons (Fsp3) is 0.143. The van der Waals surface area contributed by atoms with Gasteiger partial charge < -0.3 is 10.6 Å². The molecule has 0 spiro atoms. The lowest BCUT2D eigenvalue weighted by molar-refractivity contribution is 0.619. The molecule has 0 fully saturated rings. The van der Waals surface area contributed by atoms with E-state index in [1.54, 1.807) is 6.07 Å². The molecule has 4 heteroatoms. The van der Waals surface area contributed by atoms with Gasteiger partial charge in [0.1, 0.15) is 5.82 Å². The summed E-state index contributed by atoms with van der Waals surface area (Å²) < 4.78 is 14.2. The molecule has 0 unspecified atom stereocenters. The molecule has 3 rings (SSSR count).